The van der Waals surface area contributed by atoms with E-state index in [-0.39, 0.29) is 0 Å². The van der Waals surface area contributed by atoms with Crippen molar-refractivity contribution in [2.45, 2.75) is 22.5 Å². The summed E-state index contributed by atoms with van der Waals surface area (Å²) >= 11 is 0. The van der Waals surface area contributed by atoms with Crippen LogP contribution in [0.4, 0.5) is 0 Å². The molecule has 4 heteroatoms. The van der Waals surface area contributed by atoms with Gasteiger partial charge < -0.3 is 4.98 Å². The van der Waals surface area contributed by atoms with Crippen LogP contribution in [0.25, 0.3) is 34.4 Å². The van der Waals surface area contributed by atoms with E-state index in [1.807, 2.05) is 0 Å². The van der Waals surface area contributed by atoms with Gasteiger partial charge in [0.25, 0.3) is 0 Å². The second-order valence-electron chi connectivity index (χ2n) is 19.0. The summed E-state index contributed by atoms with van der Waals surface area (Å²) < 4.78 is 0. The molecule has 72 heavy (non-hydrogen) atoms. The number of nitrogens with zero attached hydrogens (tertiary/aromatic N) is 2. The summed E-state index contributed by atoms with van der Waals surface area (Å²) in [7, 11) is 0. The maximum absolute atomic E-state index is 6.52. The standard InChI is InChI=1S/C68H50N4/c1-9-25-48(26-10-1)61-60-46-58-42-41-56(69-58)45-57-43-44-59(70-57)47-66(53-35-19-6-20-36-53)63(50-29-13-3-14-30-50)64(51-31-15-4-16-32-51)68(72-66,55-39-23-8-24-40-55)65(52-33-17-5-18-34-52)67(71-60,54-37-21-7-22-38-54)62(61)49-27-11-2-12-28-49/h1-47,65,69,72H/b56-45-,58-46-,59-47-. The van der Waals surface area contributed by atoms with Crippen molar-refractivity contribution in [3.05, 3.63) is 334 Å². The normalized spacial score (nSPS) is 23.8. The van der Waals surface area contributed by atoms with E-state index in [1.165, 1.54) is 0 Å². The van der Waals surface area contributed by atoms with Crippen LogP contribution in [0, 0.1) is 0 Å². The zero-order valence-electron chi connectivity index (χ0n) is 39.6. The zero-order valence-corrected chi connectivity index (χ0v) is 39.6. The number of rotatable bonds is 8. The van der Waals surface area contributed by atoms with Crippen LogP contribution in [-0.4, -0.2) is 16.4 Å². The average Bonchev–Trinajstić information content (AvgIpc) is 4.24. The SMILES string of the molecule is C1=C/C2=C/C3(c4ccccc4)NC(c4ccccc4)(C(c4ccccc4)=C3c3ccccc3)C(c3ccccc3)C3(c4ccccc4)N=C(/C=c4/cc/c([nH]4)=C/C1=N2)C(c1ccccc1)=C3c1ccccc1. The number of allylic oxidation sites excluding steroid dienone is 3. The van der Waals surface area contributed by atoms with Crippen LogP contribution >= 0.6 is 0 Å². The number of aromatic amines is 1. The highest BCUT2D eigenvalue weighted by atomic mass is 15.1. The molecule has 342 valence electrons. The summed E-state index contributed by atoms with van der Waals surface area (Å²) in [5, 5.41) is 6.70. The van der Waals surface area contributed by atoms with Gasteiger partial charge in [-0.15, -0.1) is 0 Å². The van der Waals surface area contributed by atoms with E-state index in [2.05, 4.69) is 290 Å². The Labute approximate surface area is 420 Å². The third-order valence-electron chi connectivity index (χ3n) is 14.9. The fourth-order valence-electron chi connectivity index (χ4n) is 12.2. The lowest BCUT2D eigenvalue weighted by Gasteiger charge is -2.51. The molecule has 5 heterocycles. The minimum atomic E-state index is -1.14. The molecule has 13 rings (SSSR count). The van der Waals surface area contributed by atoms with E-state index in [0.717, 1.165) is 94.6 Å². The molecule has 4 nitrogen and oxygen atoms in total. The Morgan fingerprint density at radius 3 is 1.42 bits per heavy atom. The van der Waals surface area contributed by atoms with Crippen LogP contribution in [0.5, 0.6) is 0 Å². The van der Waals surface area contributed by atoms with Crippen molar-refractivity contribution in [1.82, 2.24) is 10.3 Å². The largest absolute Gasteiger partial charge is 0.355 e. The van der Waals surface area contributed by atoms with Gasteiger partial charge in [0.15, 0.2) is 0 Å². The minimum absolute atomic E-state index is 0.507. The number of nitrogens with one attached hydrogen (secondary N) is 2. The molecule has 8 aromatic carbocycles. The molecule has 9 aromatic rings. The van der Waals surface area contributed by atoms with Crippen LogP contribution in [0.2, 0.25) is 0 Å². The van der Waals surface area contributed by atoms with Gasteiger partial charge in [0.05, 0.1) is 28.2 Å². The Hall–Kier alpha value is -8.96. The third-order valence-corrected chi connectivity index (χ3v) is 14.9. The molecular weight excluding hydrogens is 873 g/mol. The summed E-state index contributed by atoms with van der Waals surface area (Å²) in [5.41, 5.74) is 12.7. The van der Waals surface area contributed by atoms with Crippen molar-refractivity contribution >= 4 is 45.9 Å². The Balaban J connectivity index is 1.33. The molecule has 4 aliphatic rings. The van der Waals surface area contributed by atoms with Crippen molar-refractivity contribution in [2.24, 2.45) is 9.98 Å². The zero-order chi connectivity index (χ0) is 48.0. The first kappa shape index (κ1) is 43.1. The van der Waals surface area contributed by atoms with Crippen molar-refractivity contribution in [1.29, 1.82) is 0 Å². The lowest BCUT2D eigenvalue weighted by molar-refractivity contribution is 0.261. The van der Waals surface area contributed by atoms with Crippen molar-refractivity contribution in [3.8, 4) is 0 Å². The molecule has 0 fully saturated rings. The van der Waals surface area contributed by atoms with Gasteiger partial charge in [-0.1, -0.05) is 243 Å². The topological polar surface area (TPSA) is 52.5 Å². The molecule has 0 aliphatic carbocycles. The van der Waals surface area contributed by atoms with Gasteiger partial charge in [-0.2, -0.15) is 0 Å². The lowest BCUT2D eigenvalue weighted by Crippen LogP contribution is -2.56. The molecule has 8 bridgehead atoms. The number of hydrogen-bond donors (Lipinski definition) is 2. The Bertz CT molecular complexity index is 3780. The molecule has 0 spiro atoms. The maximum atomic E-state index is 6.52. The third kappa shape index (κ3) is 7.02. The summed E-state index contributed by atoms with van der Waals surface area (Å²) in [6.45, 7) is 0. The molecule has 4 atom stereocenters. The summed E-state index contributed by atoms with van der Waals surface area (Å²) in [6, 6.07) is 92.8. The van der Waals surface area contributed by atoms with Crippen molar-refractivity contribution < 1.29 is 0 Å². The van der Waals surface area contributed by atoms with Gasteiger partial charge in [0.2, 0.25) is 0 Å². The highest BCUT2D eigenvalue weighted by Gasteiger charge is 2.65. The number of fused-ring (bicyclic) bond motifs is 6. The van der Waals surface area contributed by atoms with Crippen molar-refractivity contribution in [2.75, 3.05) is 0 Å². The summed E-state index contributed by atoms with van der Waals surface area (Å²) in [5.74, 6) is -0.507. The second-order valence-corrected chi connectivity index (χ2v) is 19.0. The Morgan fingerprint density at radius 2 is 0.847 bits per heavy atom. The van der Waals surface area contributed by atoms with Gasteiger partial charge >= 0.3 is 0 Å². The average molecular weight is 923 g/mol. The molecular formula is C68H50N4. The van der Waals surface area contributed by atoms with Gasteiger partial charge in [0.1, 0.15) is 5.54 Å². The lowest BCUT2D eigenvalue weighted by atomic mass is 9.57. The van der Waals surface area contributed by atoms with Crippen LogP contribution in [0.3, 0.4) is 0 Å². The second kappa shape index (κ2) is 17.8. The van der Waals surface area contributed by atoms with E-state index in [1.54, 1.807) is 0 Å². The number of benzene rings is 8. The van der Waals surface area contributed by atoms with Gasteiger partial charge in [-0.25, -0.2) is 4.99 Å². The summed E-state index contributed by atoms with van der Waals surface area (Å²) in [6.07, 6.45) is 11.1. The first-order valence-corrected chi connectivity index (χ1v) is 24.8. The van der Waals surface area contributed by atoms with E-state index >= 15 is 0 Å². The highest BCUT2D eigenvalue weighted by molar-refractivity contribution is 6.44. The van der Waals surface area contributed by atoms with Crippen LogP contribution in [0.15, 0.2) is 289 Å². The first-order chi connectivity index (χ1) is 35.6. The number of aliphatic imine (C=N–C) groups is 2. The first-order valence-electron chi connectivity index (χ1n) is 24.8. The predicted molar refractivity (Wildman–Crippen MR) is 297 cm³/mol. The molecule has 0 amide bonds. The molecule has 0 saturated carbocycles. The van der Waals surface area contributed by atoms with E-state index < -0.39 is 22.5 Å². The summed E-state index contributed by atoms with van der Waals surface area (Å²) in [4.78, 5) is 15.7. The Kier molecular flexibility index (Phi) is 10.6. The van der Waals surface area contributed by atoms with Gasteiger partial charge in [-0.05, 0) is 98.2 Å². The predicted octanol–water partition coefficient (Wildman–Crippen LogP) is 13.2. The smallest absolute Gasteiger partial charge is 0.122 e. The maximum Gasteiger partial charge on any atom is 0.122 e. The molecule has 4 unspecified atom stereocenters. The molecule has 2 N–H and O–H groups in total. The number of aromatic nitrogens is 1. The van der Waals surface area contributed by atoms with Crippen molar-refractivity contribution in [3.63, 3.8) is 0 Å². The fourth-order valence-corrected chi connectivity index (χ4v) is 12.2. The molecule has 4 aliphatic heterocycles. The Morgan fingerprint density at radius 1 is 0.389 bits per heavy atom. The van der Waals surface area contributed by atoms with Gasteiger partial charge in [0, 0.05) is 27.8 Å². The van der Waals surface area contributed by atoms with Crippen LogP contribution in [0.1, 0.15) is 50.4 Å². The van der Waals surface area contributed by atoms with Gasteiger partial charge in [-0.3, -0.25) is 10.3 Å². The highest BCUT2D eigenvalue weighted by Crippen LogP contribution is 2.68. The fraction of sp³-hybridized carbons (Fsp3) is 0.0588. The van der Waals surface area contributed by atoms with Crippen LogP contribution in [-0.2, 0) is 16.6 Å². The van der Waals surface area contributed by atoms with Crippen LogP contribution < -0.4 is 16.0 Å². The van der Waals surface area contributed by atoms with E-state index in [9.17, 15) is 0 Å². The number of hydrogen-bond acceptors (Lipinski definition) is 3. The monoisotopic (exact) mass is 922 g/mol. The molecule has 0 saturated heterocycles. The minimum Gasteiger partial charge on any atom is -0.355 e. The molecule has 0 radical (unpaired) electrons. The quantitative estimate of drug-likeness (QED) is 0.157. The van der Waals surface area contributed by atoms with E-state index in [4.69, 9.17) is 15.3 Å². The number of H-pyrrole nitrogens is 1. The van der Waals surface area contributed by atoms with E-state index in [0.29, 0.717) is 0 Å². The molecule has 1 aromatic heterocycles.